The van der Waals surface area contributed by atoms with Crippen LogP contribution in [0.2, 0.25) is 0 Å². The summed E-state index contributed by atoms with van der Waals surface area (Å²) in [6.45, 7) is 4.00. The van der Waals surface area contributed by atoms with Gasteiger partial charge in [0.15, 0.2) is 5.78 Å². The van der Waals surface area contributed by atoms with Gasteiger partial charge >= 0.3 is 5.97 Å². The van der Waals surface area contributed by atoms with Crippen LogP contribution >= 0.6 is 0 Å². The van der Waals surface area contributed by atoms with Crippen molar-refractivity contribution in [2.24, 2.45) is 0 Å². The zero-order chi connectivity index (χ0) is 11.8. The third kappa shape index (κ3) is 3.83. The maximum Gasteiger partial charge on any atom is 0.341 e. The van der Waals surface area contributed by atoms with Crippen LogP contribution in [-0.4, -0.2) is 32.0 Å². The van der Waals surface area contributed by atoms with E-state index in [0.717, 1.165) is 6.42 Å². The van der Waals surface area contributed by atoms with Gasteiger partial charge in [-0.2, -0.15) is 0 Å². The van der Waals surface area contributed by atoms with Crippen molar-refractivity contribution in [3.63, 3.8) is 0 Å². The molecule has 0 spiro atoms. The van der Waals surface area contributed by atoms with E-state index in [0.29, 0.717) is 6.42 Å². The molecule has 0 heterocycles. The SMILES string of the molecule is CC.CNC1C=C(C(=O)OC)C(=O)CC1. The summed E-state index contributed by atoms with van der Waals surface area (Å²) in [6, 6.07) is 0.104. The molecule has 0 radical (unpaired) electrons. The van der Waals surface area contributed by atoms with Crippen LogP contribution in [0, 0.1) is 0 Å². The van der Waals surface area contributed by atoms with Crippen LogP contribution in [0.1, 0.15) is 26.7 Å². The van der Waals surface area contributed by atoms with Crippen LogP contribution in [0.4, 0.5) is 0 Å². The molecule has 0 fully saturated rings. The smallest absolute Gasteiger partial charge is 0.341 e. The Morgan fingerprint density at radius 3 is 2.60 bits per heavy atom. The predicted octanol–water partition coefficient (Wildman–Crippen LogP) is 1.06. The molecule has 0 aromatic rings. The second-order valence-electron chi connectivity index (χ2n) is 2.93. The van der Waals surface area contributed by atoms with Gasteiger partial charge in [0, 0.05) is 12.5 Å². The molecule has 0 aromatic carbocycles. The number of likely N-dealkylation sites (N-methyl/N-ethyl adjacent to an activating group) is 1. The molecular weight excluding hydrogens is 194 g/mol. The van der Waals surface area contributed by atoms with Gasteiger partial charge in [-0.1, -0.05) is 13.8 Å². The summed E-state index contributed by atoms with van der Waals surface area (Å²) in [6.07, 6.45) is 2.79. The highest BCUT2D eigenvalue weighted by Gasteiger charge is 2.24. The van der Waals surface area contributed by atoms with E-state index in [9.17, 15) is 9.59 Å². The average Bonchev–Trinajstić information content (AvgIpc) is 2.31. The maximum atomic E-state index is 11.3. The zero-order valence-corrected chi connectivity index (χ0v) is 9.79. The minimum absolute atomic E-state index is 0.104. The van der Waals surface area contributed by atoms with Crippen molar-refractivity contribution in [1.29, 1.82) is 0 Å². The molecule has 4 heteroatoms. The van der Waals surface area contributed by atoms with Crippen LogP contribution in [0.25, 0.3) is 0 Å². The summed E-state index contributed by atoms with van der Waals surface area (Å²) in [5, 5.41) is 3.00. The number of hydrogen-bond donors (Lipinski definition) is 1. The van der Waals surface area contributed by atoms with Gasteiger partial charge in [0.2, 0.25) is 0 Å². The van der Waals surface area contributed by atoms with E-state index in [2.05, 4.69) is 10.1 Å². The molecule has 0 aromatic heterocycles. The first-order valence-electron chi connectivity index (χ1n) is 5.19. The number of nitrogens with one attached hydrogen (secondary N) is 1. The molecule has 15 heavy (non-hydrogen) atoms. The first-order valence-corrected chi connectivity index (χ1v) is 5.19. The van der Waals surface area contributed by atoms with E-state index in [1.807, 2.05) is 13.8 Å². The number of Topliss-reactive ketones (excluding diaryl/α,β-unsaturated/α-hetero) is 1. The Morgan fingerprint density at radius 2 is 2.13 bits per heavy atom. The summed E-state index contributed by atoms with van der Waals surface area (Å²) in [7, 11) is 3.07. The molecule has 0 saturated heterocycles. The lowest BCUT2D eigenvalue weighted by Gasteiger charge is -2.17. The van der Waals surface area contributed by atoms with Gasteiger partial charge in [-0.3, -0.25) is 4.79 Å². The maximum absolute atomic E-state index is 11.3. The van der Waals surface area contributed by atoms with E-state index in [4.69, 9.17) is 0 Å². The highest BCUT2D eigenvalue weighted by Crippen LogP contribution is 2.15. The fraction of sp³-hybridized carbons (Fsp3) is 0.636. The Labute approximate surface area is 90.7 Å². The number of methoxy groups -OCH3 is 1. The van der Waals surface area contributed by atoms with E-state index in [-0.39, 0.29) is 17.4 Å². The van der Waals surface area contributed by atoms with Gasteiger partial charge < -0.3 is 10.1 Å². The Balaban J connectivity index is 0.000000921. The van der Waals surface area contributed by atoms with E-state index in [1.165, 1.54) is 7.11 Å². The van der Waals surface area contributed by atoms with Crippen molar-refractivity contribution in [1.82, 2.24) is 5.32 Å². The highest BCUT2D eigenvalue weighted by molar-refractivity contribution is 6.17. The third-order valence-corrected chi connectivity index (χ3v) is 2.13. The largest absolute Gasteiger partial charge is 0.465 e. The normalized spacial score (nSPS) is 19.9. The Morgan fingerprint density at radius 1 is 1.53 bits per heavy atom. The molecule has 1 rings (SSSR count). The zero-order valence-electron chi connectivity index (χ0n) is 9.79. The second kappa shape index (κ2) is 7.17. The molecule has 1 unspecified atom stereocenters. The topological polar surface area (TPSA) is 55.4 Å². The second-order valence-corrected chi connectivity index (χ2v) is 2.93. The molecule has 0 amide bonds. The Kier molecular flexibility index (Phi) is 6.62. The lowest BCUT2D eigenvalue weighted by molar-refractivity contribution is -0.138. The molecular formula is C11H19NO3. The number of ether oxygens (including phenoxy) is 1. The van der Waals surface area contributed by atoms with Crippen LogP contribution in [-0.2, 0) is 14.3 Å². The Bertz CT molecular complexity index is 259. The average molecular weight is 213 g/mol. The molecule has 4 nitrogen and oxygen atoms in total. The Hall–Kier alpha value is -1.16. The van der Waals surface area contributed by atoms with Crippen molar-refractivity contribution in [3.8, 4) is 0 Å². The lowest BCUT2D eigenvalue weighted by Crippen LogP contribution is -2.31. The molecule has 1 aliphatic rings. The standard InChI is InChI=1S/C9H13NO3.C2H6/c1-10-6-3-4-8(11)7(5-6)9(12)13-2;1-2/h5-6,10H,3-4H2,1-2H3;1-2H3. The van der Waals surface area contributed by atoms with E-state index < -0.39 is 5.97 Å². The summed E-state index contributed by atoms with van der Waals surface area (Å²) in [4.78, 5) is 22.4. The van der Waals surface area contributed by atoms with Gasteiger partial charge in [0.05, 0.1) is 7.11 Å². The van der Waals surface area contributed by atoms with Crippen molar-refractivity contribution in [2.75, 3.05) is 14.2 Å². The number of rotatable bonds is 2. The molecule has 1 N–H and O–H groups in total. The molecule has 1 aliphatic carbocycles. The van der Waals surface area contributed by atoms with Gasteiger partial charge in [-0.05, 0) is 19.5 Å². The first kappa shape index (κ1) is 13.8. The quantitative estimate of drug-likeness (QED) is 0.550. The molecule has 0 bridgehead atoms. The number of ketones is 1. The van der Waals surface area contributed by atoms with E-state index in [1.54, 1.807) is 13.1 Å². The van der Waals surface area contributed by atoms with E-state index >= 15 is 0 Å². The van der Waals surface area contributed by atoms with Gasteiger partial charge in [-0.25, -0.2) is 4.79 Å². The minimum Gasteiger partial charge on any atom is -0.465 e. The number of carbonyl (C=O) groups excluding carboxylic acids is 2. The predicted molar refractivity (Wildman–Crippen MR) is 58.5 cm³/mol. The fourth-order valence-electron chi connectivity index (χ4n) is 1.32. The molecule has 0 aliphatic heterocycles. The monoisotopic (exact) mass is 213 g/mol. The van der Waals surface area contributed by atoms with Crippen molar-refractivity contribution in [3.05, 3.63) is 11.6 Å². The molecule has 1 atom stereocenters. The third-order valence-electron chi connectivity index (χ3n) is 2.13. The van der Waals surface area contributed by atoms with Crippen LogP contribution in [0.15, 0.2) is 11.6 Å². The highest BCUT2D eigenvalue weighted by atomic mass is 16.5. The summed E-state index contributed by atoms with van der Waals surface area (Å²) in [5.74, 6) is -0.664. The number of hydrogen-bond acceptors (Lipinski definition) is 4. The van der Waals surface area contributed by atoms with Crippen LogP contribution < -0.4 is 5.32 Å². The van der Waals surface area contributed by atoms with Gasteiger partial charge in [0.1, 0.15) is 5.57 Å². The van der Waals surface area contributed by atoms with Crippen molar-refractivity contribution >= 4 is 11.8 Å². The van der Waals surface area contributed by atoms with Crippen molar-refractivity contribution in [2.45, 2.75) is 32.7 Å². The summed E-state index contributed by atoms with van der Waals surface area (Å²) >= 11 is 0. The van der Waals surface area contributed by atoms with Crippen molar-refractivity contribution < 1.29 is 14.3 Å². The van der Waals surface area contributed by atoms with Crippen LogP contribution in [0.5, 0.6) is 0 Å². The summed E-state index contributed by atoms with van der Waals surface area (Å²) in [5.41, 5.74) is 0.174. The minimum atomic E-state index is -0.537. The lowest BCUT2D eigenvalue weighted by atomic mass is 9.94. The van der Waals surface area contributed by atoms with Crippen LogP contribution in [0.3, 0.4) is 0 Å². The van der Waals surface area contributed by atoms with Gasteiger partial charge in [0.25, 0.3) is 0 Å². The number of esters is 1. The first-order chi connectivity index (χ1) is 7.19. The number of carbonyl (C=O) groups is 2. The summed E-state index contributed by atoms with van der Waals surface area (Å²) < 4.78 is 4.50. The molecule has 0 saturated carbocycles. The van der Waals surface area contributed by atoms with Gasteiger partial charge in [-0.15, -0.1) is 0 Å². The fourth-order valence-corrected chi connectivity index (χ4v) is 1.32. The molecule has 86 valence electrons.